The molecule has 27 heavy (non-hydrogen) atoms. The predicted octanol–water partition coefficient (Wildman–Crippen LogP) is 4.62. The lowest BCUT2D eigenvalue weighted by Gasteiger charge is -2.20. The third-order valence-electron chi connectivity index (χ3n) is 4.11. The number of carbonyl (C=O) groups is 2. The molecule has 0 unspecified atom stereocenters. The zero-order chi connectivity index (χ0) is 19.4. The summed E-state index contributed by atoms with van der Waals surface area (Å²) in [5, 5.41) is 1.34. The minimum absolute atomic E-state index is 0.214. The molecule has 0 bridgehead atoms. The largest absolute Gasteiger partial charge is 0.495 e. The van der Waals surface area contributed by atoms with E-state index in [9.17, 15) is 9.59 Å². The normalized spacial score (nSPS) is 10.5. The van der Waals surface area contributed by atoms with Crippen LogP contribution < -0.4 is 9.47 Å². The quantitative estimate of drug-likeness (QED) is 0.488. The fourth-order valence-electron chi connectivity index (χ4n) is 3.12. The van der Waals surface area contributed by atoms with Crippen LogP contribution in [0.4, 0.5) is 0 Å². The molecule has 0 fully saturated rings. The number of fused-ring (bicyclic) bond motifs is 1. The fourth-order valence-corrected chi connectivity index (χ4v) is 3.12. The van der Waals surface area contributed by atoms with E-state index in [-0.39, 0.29) is 12.2 Å². The van der Waals surface area contributed by atoms with Crippen LogP contribution in [0.5, 0.6) is 11.5 Å². The van der Waals surface area contributed by atoms with Crippen LogP contribution >= 0.6 is 0 Å². The molecule has 0 aliphatic heterocycles. The lowest BCUT2D eigenvalue weighted by molar-refractivity contribution is -0.131. The van der Waals surface area contributed by atoms with Crippen molar-refractivity contribution in [3.05, 3.63) is 60.2 Å². The third-order valence-corrected chi connectivity index (χ3v) is 4.11. The number of benzene rings is 3. The highest BCUT2D eigenvalue weighted by Crippen LogP contribution is 2.46. The standard InChI is InChI=1S/C22H20O5/c1-4-26-22(24)19-18(15-10-6-5-7-11-15)21(27-14(2)23)17-13-9-8-12-16(17)20(19)25-3/h5-13H,4H2,1-3H3. The molecule has 3 rings (SSSR count). The van der Waals surface area contributed by atoms with Gasteiger partial charge in [-0.15, -0.1) is 0 Å². The van der Waals surface area contributed by atoms with Gasteiger partial charge in [0.15, 0.2) is 0 Å². The van der Waals surface area contributed by atoms with Gasteiger partial charge in [0.05, 0.1) is 13.7 Å². The van der Waals surface area contributed by atoms with Gasteiger partial charge in [-0.05, 0) is 12.5 Å². The first-order chi connectivity index (χ1) is 13.1. The Balaban J connectivity index is 2.51. The van der Waals surface area contributed by atoms with E-state index in [2.05, 4.69) is 0 Å². The van der Waals surface area contributed by atoms with Crippen molar-refractivity contribution in [1.82, 2.24) is 0 Å². The van der Waals surface area contributed by atoms with Crippen LogP contribution in [-0.2, 0) is 9.53 Å². The maximum atomic E-state index is 12.9. The summed E-state index contributed by atoms with van der Waals surface area (Å²) in [6, 6.07) is 16.6. The maximum absolute atomic E-state index is 12.9. The Hall–Kier alpha value is -3.34. The number of hydrogen-bond donors (Lipinski definition) is 0. The molecule has 0 saturated carbocycles. The summed E-state index contributed by atoms with van der Waals surface area (Å²) >= 11 is 0. The van der Waals surface area contributed by atoms with Crippen molar-refractivity contribution in [3.63, 3.8) is 0 Å². The molecule has 0 saturated heterocycles. The smallest absolute Gasteiger partial charge is 0.342 e. The molecule has 0 heterocycles. The van der Waals surface area contributed by atoms with Crippen molar-refractivity contribution in [3.8, 4) is 22.6 Å². The van der Waals surface area contributed by atoms with Gasteiger partial charge in [-0.2, -0.15) is 0 Å². The Kier molecular flexibility index (Phi) is 5.41. The van der Waals surface area contributed by atoms with Crippen molar-refractivity contribution in [2.24, 2.45) is 0 Å². The zero-order valence-corrected chi connectivity index (χ0v) is 15.4. The average molecular weight is 364 g/mol. The van der Waals surface area contributed by atoms with Crippen LogP contribution in [0, 0.1) is 0 Å². The molecule has 0 spiro atoms. The molecule has 5 heteroatoms. The van der Waals surface area contributed by atoms with E-state index < -0.39 is 11.9 Å². The molecule has 5 nitrogen and oxygen atoms in total. The average Bonchev–Trinajstić information content (AvgIpc) is 2.68. The second-order valence-electron chi connectivity index (χ2n) is 5.84. The van der Waals surface area contributed by atoms with E-state index in [1.54, 1.807) is 6.92 Å². The van der Waals surface area contributed by atoms with Gasteiger partial charge in [-0.1, -0.05) is 54.6 Å². The molecular formula is C22H20O5. The van der Waals surface area contributed by atoms with Crippen molar-refractivity contribution in [1.29, 1.82) is 0 Å². The third kappa shape index (κ3) is 3.49. The lowest BCUT2D eigenvalue weighted by atomic mass is 9.92. The highest BCUT2D eigenvalue weighted by atomic mass is 16.5. The van der Waals surface area contributed by atoms with Gasteiger partial charge in [-0.25, -0.2) is 4.79 Å². The molecular weight excluding hydrogens is 344 g/mol. The van der Waals surface area contributed by atoms with Gasteiger partial charge in [-0.3, -0.25) is 4.79 Å². The van der Waals surface area contributed by atoms with Crippen LogP contribution in [0.15, 0.2) is 54.6 Å². The van der Waals surface area contributed by atoms with Crippen LogP contribution in [0.1, 0.15) is 24.2 Å². The van der Waals surface area contributed by atoms with E-state index in [4.69, 9.17) is 14.2 Å². The van der Waals surface area contributed by atoms with Crippen LogP contribution in [0.25, 0.3) is 21.9 Å². The van der Waals surface area contributed by atoms with Crippen molar-refractivity contribution in [2.75, 3.05) is 13.7 Å². The van der Waals surface area contributed by atoms with Crippen molar-refractivity contribution >= 4 is 22.7 Å². The van der Waals surface area contributed by atoms with E-state index >= 15 is 0 Å². The molecule has 138 valence electrons. The van der Waals surface area contributed by atoms with E-state index in [0.29, 0.717) is 27.8 Å². The highest BCUT2D eigenvalue weighted by Gasteiger charge is 2.28. The van der Waals surface area contributed by atoms with Gasteiger partial charge in [0.1, 0.15) is 17.1 Å². The lowest BCUT2D eigenvalue weighted by Crippen LogP contribution is -2.12. The summed E-state index contributed by atoms with van der Waals surface area (Å²) in [7, 11) is 1.50. The van der Waals surface area contributed by atoms with Crippen LogP contribution in [0.2, 0.25) is 0 Å². The summed E-state index contributed by atoms with van der Waals surface area (Å²) in [6.45, 7) is 3.28. The fraction of sp³-hybridized carbons (Fsp3) is 0.182. The van der Waals surface area contributed by atoms with E-state index in [1.165, 1.54) is 14.0 Å². The summed E-state index contributed by atoms with van der Waals surface area (Å²) in [5.41, 5.74) is 1.43. The number of methoxy groups -OCH3 is 1. The van der Waals surface area contributed by atoms with Crippen LogP contribution in [0.3, 0.4) is 0 Å². The molecule has 0 aliphatic rings. The minimum atomic E-state index is -0.535. The van der Waals surface area contributed by atoms with E-state index in [0.717, 1.165) is 5.56 Å². The Morgan fingerprint density at radius 1 is 0.889 bits per heavy atom. The second-order valence-corrected chi connectivity index (χ2v) is 5.84. The highest BCUT2D eigenvalue weighted by molar-refractivity contribution is 6.12. The summed E-state index contributed by atoms with van der Waals surface area (Å²) in [4.78, 5) is 24.7. The van der Waals surface area contributed by atoms with Gasteiger partial charge in [0, 0.05) is 23.3 Å². The molecule has 3 aromatic rings. The van der Waals surface area contributed by atoms with Crippen molar-refractivity contribution < 1.29 is 23.8 Å². The Morgan fingerprint density at radius 2 is 1.48 bits per heavy atom. The molecule has 0 aromatic heterocycles. The number of hydrogen-bond acceptors (Lipinski definition) is 5. The van der Waals surface area contributed by atoms with E-state index in [1.807, 2.05) is 54.6 Å². The zero-order valence-electron chi connectivity index (χ0n) is 15.4. The molecule has 0 radical (unpaired) electrons. The van der Waals surface area contributed by atoms with Gasteiger partial charge >= 0.3 is 11.9 Å². The SMILES string of the molecule is CCOC(=O)c1c(-c2ccccc2)c(OC(C)=O)c2ccccc2c1OC. The maximum Gasteiger partial charge on any atom is 0.342 e. The van der Waals surface area contributed by atoms with Gasteiger partial charge < -0.3 is 14.2 Å². The minimum Gasteiger partial charge on any atom is -0.495 e. The molecule has 0 atom stereocenters. The van der Waals surface area contributed by atoms with Gasteiger partial charge in [0.2, 0.25) is 0 Å². The monoisotopic (exact) mass is 364 g/mol. The van der Waals surface area contributed by atoms with Crippen LogP contribution in [-0.4, -0.2) is 25.7 Å². The summed E-state index contributed by atoms with van der Waals surface area (Å²) in [6.07, 6.45) is 0. The Labute approximate surface area is 157 Å². The van der Waals surface area contributed by atoms with Gasteiger partial charge in [0.25, 0.3) is 0 Å². The summed E-state index contributed by atoms with van der Waals surface area (Å²) in [5.74, 6) is -0.309. The Bertz CT molecular complexity index is 993. The first-order valence-corrected chi connectivity index (χ1v) is 8.62. The Morgan fingerprint density at radius 3 is 2.04 bits per heavy atom. The molecule has 0 amide bonds. The first kappa shape index (κ1) is 18.5. The number of ether oxygens (including phenoxy) is 3. The molecule has 3 aromatic carbocycles. The number of carbonyl (C=O) groups excluding carboxylic acids is 2. The second kappa shape index (κ2) is 7.91. The molecule has 0 N–H and O–H groups in total. The number of esters is 2. The first-order valence-electron chi connectivity index (χ1n) is 8.62. The number of rotatable bonds is 5. The van der Waals surface area contributed by atoms with Crippen molar-refractivity contribution in [2.45, 2.75) is 13.8 Å². The topological polar surface area (TPSA) is 61.8 Å². The predicted molar refractivity (Wildman–Crippen MR) is 103 cm³/mol. The molecule has 0 aliphatic carbocycles. The summed E-state index contributed by atoms with van der Waals surface area (Å²) < 4.78 is 16.5.